The highest BCUT2D eigenvalue weighted by Crippen LogP contribution is 2.32. The third-order valence-electron chi connectivity index (χ3n) is 2.65. The normalized spacial score (nSPS) is 14.7. The second-order valence-electron chi connectivity index (χ2n) is 3.87. The fourth-order valence-electron chi connectivity index (χ4n) is 1.69. The number of hydrogen-bond donors (Lipinski definition) is 0. The quantitative estimate of drug-likeness (QED) is 0.756. The highest BCUT2D eigenvalue weighted by Gasteiger charge is 2.32. The van der Waals surface area contributed by atoms with Gasteiger partial charge in [-0.1, -0.05) is 41.4 Å². The molecule has 0 saturated heterocycles. The van der Waals surface area contributed by atoms with E-state index in [1.165, 1.54) is 0 Å². The lowest BCUT2D eigenvalue weighted by Crippen LogP contribution is -2.28. The van der Waals surface area contributed by atoms with E-state index in [1.54, 1.807) is 0 Å². The molecule has 0 aliphatic rings. The molecule has 1 rings (SSSR count). The lowest BCUT2D eigenvalue weighted by Gasteiger charge is -2.25. The van der Waals surface area contributed by atoms with Gasteiger partial charge in [0.05, 0.1) is 5.41 Å². The molecule has 0 aromatic heterocycles. The minimum atomic E-state index is -0.569. The molecule has 1 atom stereocenters. The molecule has 0 fully saturated rings. The van der Waals surface area contributed by atoms with Crippen molar-refractivity contribution in [3.63, 3.8) is 0 Å². The Morgan fingerprint density at radius 2 is 2.20 bits per heavy atom. The van der Waals surface area contributed by atoms with Crippen LogP contribution in [0.2, 0.25) is 0 Å². The molecule has 0 heterocycles. The van der Waals surface area contributed by atoms with Crippen molar-refractivity contribution in [2.45, 2.75) is 32.1 Å². The number of carbonyl (C=O) groups is 1. The first kappa shape index (κ1) is 12.7. The van der Waals surface area contributed by atoms with E-state index < -0.39 is 5.41 Å². The van der Waals surface area contributed by atoms with E-state index in [4.69, 9.17) is 11.6 Å². The number of carbonyl (C=O) groups excluding carboxylic acids is 1. The van der Waals surface area contributed by atoms with Crippen LogP contribution >= 0.6 is 27.5 Å². The van der Waals surface area contributed by atoms with Gasteiger partial charge in [-0.2, -0.15) is 0 Å². The molecule has 1 nitrogen and oxygen atoms in total. The first-order valence-electron chi connectivity index (χ1n) is 4.96. The first-order chi connectivity index (χ1) is 7.00. The molecule has 1 aromatic carbocycles. The summed E-state index contributed by atoms with van der Waals surface area (Å²) in [6.07, 6.45) is 1.70. The molecule has 0 bridgehead atoms. The van der Waals surface area contributed by atoms with Crippen molar-refractivity contribution in [2.24, 2.45) is 0 Å². The van der Waals surface area contributed by atoms with Crippen molar-refractivity contribution < 1.29 is 4.79 Å². The molecule has 0 aliphatic heterocycles. The largest absolute Gasteiger partial charge is 0.280 e. The van der Waals surface area contributed by atoms with Gasteiger partial charge in [0.25, 0.3) is 0 Å². The zero-order valence-corrected chi connectivity index (χ0v) is 11.2. The van der Waals surface area contributed by atoms with E-state index in [-0.39, 0.29) is 5.24 Å². The maximum absolute atomic E-state index is 11.5. The standard InChI is InChI=1S/C12H14BrClO/c1-3-7-12(2,11(14)15)9-5-4-6-10(13)8-9/h4-6,8H,3,7H2,1-2H3. The topological polar surface area (TPSA) is 17.1 Å². The molecule has 0 spiro atoms. The van der Waals surface area contributed by atoms with E-state index in [1.807, 2.05) is 31.2 Å². The maximum Gasteiger partial charge on any atom is 0.231 e. The third-order valence-corrected chi connectivity index (χ3v) is 3.56. The molecule has 0 saturated carbocycles. The summed E-state index contributed by atoms with van der Waals surface area (Å²) in [5.41, 5.74) is 0.402. The number of hydrogen-bond acceptors (Lipinski definition) is 1. The summed E-state index contributed by atoms with van der Waals surface area (Å²) in [5, 5.41) is -0.289. The minimum absolute atomic E-state index is 0.289. The molecule has 1 unspecified atom stereocenters. The summed E-state index contributed by atoms with van der Waals surface area (Å²) < 4.78 is 0.972. The monoisotopic (exact) mass is 288 g/mol. The molecule has 0 aliphatic carbocycles. The Morgan fingerprint density at radius 3 is 2.67 bits per heavy atom. The Balaban J connectivity index is 3.15. The molecule has 82 valence electrons. The Morgan fingerprint density at radius 1 is 1.53 bits per heavy atom. The molecule has 15 heavy (non-hydrogen) atoms. The van der Waals surface area contributed by atoms with Gasteiger partial charge in [-0.25, -0.2) is 0 Å². The number of halogens is 2. The summed E-state index contributed by atoms with van der Waals surface area (Å²) in [6, 6.07) is 7.76. The summed E-state index contributed by atoms with van der Waals surface area (Å²) in [4.78, 5) is 11.5. The SMILES string of the molecule is CCCC(C)(C(=O)Cl)c1cccc(Br)c1. The summed E-state index contributed by atoms with van der Waals surface area (Å²) >= 11 is 9.10. The van der Waals surface area contributed by atoms with E-state index in [9.17, 15) is 4.79 Å². The zero-order chi connectivity index (χ0) is 11.5. The van der Waals surface area contributed by atoms with Gasteiger partial charge in [0.2, 0.25) is 5.24 Å². The predicted octanol–water partition coefficient (Wildman–Crippen LogP) is 4.27. The average Bonchev–Trinajstić information content (AvgIpc) is 2.17. The van der Waals surface area contributed by atoms with Crippen LogP contribution in [0.3, 0.4) is 0 Å². The number of benzene rings is 1. The Hall–Kier alpha value is -0.340. The van der Waals surface area contributed by atoms with Gasteiger partial charge in [-0.05, 0) is 42.6 Å². The van der Waals surface area contributed by atoms with Gasteiger partial charge < -0.3 is 0 Å². The molecule has 0 radical (unpaired) electrons. The van der Waals surface area contributed by atoms with E-state index in [0.29, 0.717) is 0 Å². The minimum Gasteiger partial charge on any atom is -0.280 e. The van der Waals surface area contributed by atoms with Crippen molar-refractivity contribution in [3.8, 4) is 0 Å². The van der Waals surface area contributed by atoms with Gasteiger partial charge in [-0.15, -0.1) is 0 Å². The lowest BCUT2D eigenvalue weighted by atomic mass is 9.80. The van der Waals surface area contributed by atoms with Crippen LogP contribution in [0.25, 0.3) is 0 Å². The van der Waals surface area contributed by atoms with Crippen molar-refractivity contribution >= 4 is 32.8 Å². The fourth-order valence-corrected chi connectivity index (χ4v) is 2.29. The van der Waals surface area contributed by atoms with Crippen LogP contribution in [0.5, 0.6) is 0 Å². The van der Waals surface area contributed by atoms with E-state index in [2.05, 4.69) is 22.9 Å². The summed E-state index contributed by atoms with van der Waals surface area (Å²) in [5.74, 6) is 0. The van der Waals surface area contributed by atoms with E-state index >= 15 is 0 Å². The highest BCUT2D eigenvalue weighted by atomic mass is 79.9. The highest BCUT2D eigenvalue weighted by molar-refractivity contribution is 9.10. The van der Waals surface area contributed by atoms with Gasteiger partial charge in [0.15, 0.2) is 0 Å². The van der Waals surface area contributed by atoms with Crippen LogP contribution in [0.1, 0.15) is 32.3 Å². The van der Waals surface area contributed by atoms with Crippen LogP contribution in [0, 0.1) is 0 Å². The van der Waals surface area contributed by atoms with Crippen LogP contribution < -0.4 is 0 Å². The van der Waals surface area contributed by atoms with Gasteiger partial charge in [0, 0.05) is 4.47 Å². The Labute approximate surface area is 104 Å². The molecule has 0 N–H and O–H groups in total. The van der Waals surface area contributed by atoms with Crippen LogP contribution in [-0.2, 0) is 10.2 Å². The van der Waals surface area contributed by atoms with Crippen molar-refractivity contribution in [3.05, 3.63) is 34.3 Å². The Kier molecular flexibility index (Phi) is 4.35. The van der Waals surface area contributed by atoms with Crippen molar-refractivity contribution in [2.75, 3.05) is 0 Å². The predicted molar refractivity (Wildman–Crippen MR) is 67.3 cm³/mol. The van der Waals surface area contributed by atoms with E-state index in [0.717, 1.165) is 22.9 Å². The molecule has 0 amide bonds. The molecular weight excluding hydrogens is 275 g/mol. The lowest BCUT2D eigenvalue weighted by molar-refractivity contribution is -0.116. The van der Waals surface area contributed by atoms with Crippen LogP contribution in [0.4, 0.5) is 0 Å². The van der Waals surface area contributed by atoms with Gasteiger partial charge in [-0.3, -0.25) is 4.79 Å². The van der Waals surface area contributed by atoms with Crippen LogP contribution in [0.15, 0.2) is 28.7 Å². The first-order valence-corrected chi connectivity index (χ1v) is 6.14. The molecule has 1 aromatic rings. The summed E-state index contributed by atoms with van der Waals surface area (Å²) in [6.45, 7) is 3.95. The summed E-state index contributed by atoms with van der Waals surface area (Å²) in [7, 11) is 0. The van der Waals surface area contributed by atoms with Crippen molar-refractivity contribution in [1.29, 1.82) is 0 Å². The maximum atomic E-state index is 11.5. The zero-order valence-electron chi connectivity index (χ0n) is 8.89. The van der Waals surface area contributed by atoms with Crippen molar-refractivity contribution in [1.82, 2.24) is 0 Å². The second kappa shape index (κ2) is 5.13. The average molecular weight is 290 g/mol. The van der Waals surface area contributed by atoms with Gasteiger partial charge >= 0.3 is 0 Å². The molecular formula is C12H14BrClO. The Bertz CT molecular complexity index is 364. The fraction of sp³-hybridized carbons (Fsp3) is 0.417. The van der Waals surface area contributed by atoms with Crippen LogP contribution in [-0.4, -0.2) is 5.24 Å². The second-order valence-corrected chi connectivity index (χ2v) is 5.13. The third kappa shape index (κ3) is 2.82. The van der Waals surface area contributed by atoms with Gasteiger partial charge in [0.1, 0.15) is 0 Å². The smallest absolute Gasteiger partial charge is 0.231 e. The number of rotatable bonds is 4. The molecule has 3 heteroatoms.